The molecule has 0 saturated carbocycles. The van der Waals surface area contributed by atoms with Crippen molar-refractivity contribution in [2.75, 3.05) is 76.9 Å². The number of rotatable bonds is 11. The van der Waals surface area contributed by atoms with E-state index in [1.807, 2.05) is 13.1 Å². The molecule has 26 heavy (non-hydrogen) atoms. The van der Waals surface area contributed by atoms with Gasteiger partial charge in [-0.05, 0) is 32.8 Å². The Kier molecular flexibility index (Phi) is 8.95. The first-order valence-electron chi connectivity index (χ1n) is 8.81. The topological polar surface area (TPSA) is 74.1 Å². The van der Waals surface area contributed by atoms with E-state index in [0.29, 0.717) is 17.1 Å². The van der Waals surface area contributed by atoms with Crippen LogP contribution in [0.2, 0.25) is 0 Å². The number of carbonyl (C=O) groups excluding carboxylic acids is 1. The van der Waals surface area contributed by atoms with Gasteiger partial charge in [0.25, 0.3) is 0 Å². The third-order valence-corrected chi connectivity index (χ3v) is 4.42. The van der Waals surface area contributed by atoms with Crippen LogP contribution in [-0.2, 0) is 4.79 Å². The van der Waals surface area contributed by atoms with E-state index in [4.69, 9.17) is 10.5 Å². The zero-order valence-electron chi connectivity index (χ0n) is 16.7. The second-order valence-corrected chi connectivity index (χ2v) is 6.43. The van der Waals surface area contributed by atoms with Gasteiger partial charge in [0, 0.05) is 39.3 Å². The smallest absolute Gasteiger partial charge is 0.247 e. The standard InChI is InChI=1S/C19H33N5O2/c1-7-19(25)21-16-13-15(20)18(26-6)14-17(16)24(5)12-11-23(4)10-9-22(3)8-2/h7,13-14H,1,8-12,20H2,2-6H3,(H,21,25). The molecule has 0 spiro atoms. The second kappa shape index (κ2) is 10.7. The molecule has 0 unspecified atom stereocenters. The zero-order valence-corrected chi connectivity index (χ0v) is 16.7. The van der Waals surface area contributed by atoms with E-state index in [2.05, 4.69) is 47.6 Å². The Balaban J connectivity index is 2.83. The normalized spacial score (nSPS) is 10.9. The number of hydrogen-bond acceptors (Lipinski definition) is 6. The summed E-state index contributed by atoms with van der Waals surface area (Å²) in [5.41, 5.74) is 7.96. The second-order valence-electron chi connectivity index (χ2n) is 6.43. The fourth-order valence-corrected chi connectivity index (χ4v) is 2.41. The van der Waals surface area contributed by atoms with Crippen molar-refractivity contribution in [3.63, 3.8) is 0 Å². The number of amides is 1. The van der Waals surface area contributed by atoms with Crippen LogP contribution in [0.4, 0.5) is 17.1 Å². The van der Waals surface area contributed by atoms with E-state index >= 15 is 0 Å². The van der Waals surface area contributed by atoms with Gasteiger partial charge in [0.2, 0.25) is 5.91 Å². The Morgan fingerprint density at radius 1 is 1.19 bits per heavy atom. The number of likely N-dealkylation sites (N-methyl/N-ethyl adjacent to an activating group) is 3. The number of ether oxygens (including phenoxy) is 1. The van der Waals surface area contributed by atoms with Crippen LogP contribution in [0.1, 0.15) is 6.92 Å². The van der Waals surface area contributed by atoms with Crippen molar-refractivity contribution in [2.45, 2.75) is 6.92 Å². The zero-order chi connectivity index (χ0) is 19.7. The van der Waals surface area contributed by atoms with Crippen LogP contribution in [0.15, 0.2) is 24.8 Å². The maximum absolute atomic E-state index is 11.7. The lowest BCUT2D eigenvalue weighted by atomic mass is 10.2. The summed E-state index contributed by atoms with van der Waals surface area (Å²) >= 11 is 0. The number of nitrogens with zero attached hydrogens (tertiary/aromatic N) is 3. The number of nitrogens with one attached hydrogen (secondary N) is 1. The Hall–Kier alpha value is -2.25. The van der Waals surface area contributed by atoms with Gasteiger partial charge >= 0.3 is 0 Å². The molecule has 0 radical (unpaired) electrons. The van der Waals surface area contributed by atoms with E-state index in [9.17, 15) is 4.79 Å². The molecule has 0 aliphatic rings. The minimum Gasteiger partial charge on any atom is -0.495 e. The average molecular weight is 364 g/mol. The van der Waals surface area contributed by atoms with Gasteiger partial charge < -0.3 is 30.5 Å². The number of carbonyl (C=O) groups is 1. The predicted molar refractivity (Wildman–Crippen MR) is 110 cm³/mol. The lowest BCUT2D eigenvalue weighted by molar-refractivity contribution is -0.111. The Morgan fingerprint density at radius 2 is 1.81 bits per heavy atom. The molecule has 7 heteroatoms. The van der Waals surface area contributed by atoms with Crippen molar-refractivity contribution < 1.29 is 9.53 Å². The Bertz CT molecular complexity index is 606. The first kappa shape index (κ1) is 21.8. The summed E-state index contributed by atoms with van der Waals surface area (Å²) in [6.45, 7) is 10.4. The largest absolute Gasteiger partial charge is 0.495 e. The molecule has 0 atom stereocenters. The highest BCUT2D eigenvalue weighted by molar-refractivity contribution is 6.02. The Morgan fingerprint density at radius 3 is 2.38 bits per heavy atom. The third-order valence-electron chi connectivity index (χ3n) is 4.42. The van der Waals surface area contributed by atoms with Crippen LogP contribution in [0.5, 0.6) is 5.75 Å². The molecule has 0 fully saturated rings. The maximum Gasteiger partial charge on any atom is 0.247 e. The van der Waals surface area contributed by atoms with E-state index in [1.54, 1.807) is 13.2 Å². The van der Waals surface area contributed by atoms with E-state index in [-0.39, 0.29) is 5.91 Å². The highest BCUT2D eigenvalue weighted by atomic mass is 16.5. The summed E-state index contributed by atoms with van der Waals surface area (Å²) in [5, 5.41) is 2.81. The van der Waals surface area contributed by atoms with E-state index in [1.165, 1.54) is 6.08 Å². The Labute approximate surface area is 157 Å². The van der Waals surface area contributed by atoms with Gasteiger partial charge in [0.1, 0.15) is 5.75 Å². The molecule has 7 nitrogen and oxygen atoms in total. The molecule has 0 bridgehead atoms. The number of benzene rings is 1. The predicted octanol–water partition coefficient (Wildman–Crippen LogP) is 1.72. The fraction of sp³-hybridized carbons (Fsp3) is 0.526. The SMILES string of the molecule is C=CC(=O)Nc1cc(N)c(OC)cc1N(C)CCN(C)CCN(C)CC. The van der Waals surface area contributed by atoms with Crippen molar-refractivity contribution in [2.24, 2.45) is 0 Å². The summed E-state index contributed by atoms with van der Waals surface area (Å²) in [7, 11) is 7.80. The minimum absolute atomic E-state index is 0.274. The molecule has 0 aromatic heterocycles. The summed E-state index contributed by atoms with van der Waals surface area (Å²) in [6, 6.07) is 3.56. The fourth-order valence-electron chi connectivity index (χ4n) is 2.41. The molecule has 0 aliphatic heterocycles. The van der Waals surface area contributed by atoms with Gasteiger partial charge in [-0.25, -0.2) is 0 Å². The molecule has 1 aromatic carbocycles. The molecular weight excluding hydrogens is 330 g/mol. The van der Waals surface area contributed by atoms with Crippen molar-refractivity contribution in [3.05, 3.63) is 24.8 Å². The summed E-state index contributed by atoms with van der Waals surface area (Å²) in [6.07, 6.45) is 1.24. The number of nitrogens with two attached hydrogens (primary N) is 1. The number of anilines is 3. The number of hydrogen-bond donors (Lipinski definition) is 2. The molecule has 1 amide bonds. The molecule has 1 rings (SSSR count). The highest BCUT2D eigenvalue weighted by Crippen LogP contribution is 2.35. The molecule has 1 aromatic rings. The average Bonchev–Trinajstić information content (AvgIpc) is 2.63. The van der Waals surface area contributed by atoms with Gasteiger partial charge in [0.05, 0.1) is 24.2 Å². The van der Waals surface area contributed by atoms with Crippen molar-refractivity contribution >= 4 is 23.0 Å². The molecule has 0 heterocycles. The summed E-state index contributed by atoms with van der Waals surface area (Å²) in [4.78, 5) is 18.4. The van der Waals surface area contributed by atoms with Gasteiger partial charge in [0.15, 0.2) is 0 Å². The molecule has 0 aliphatic carbocycles. The monoisotopic (exact) mass is 363 g/mol. The first-order valence-corrected chi connectivity index (χ1v) is 8.81. The van der Waals surface area contributed by atoms with Crippen LogP contribution >= 0.6 is 0 Å². The van der Waals surface area contributed by atoms with E-state index < -0.39 is 0 Å². The van der Waals surface area contributed by atoms with Crippen LogP contribution in [0, 0.1) is 0 Å². The van der Waals surface area contributed by atoms with Crippen LogP contribution in [0.25, 0.3) is 0 Å². The van der Waals surface area contributed by atoms with Crippen LogP contribution in [-0.4, -0.2) is 76.7 Å². The number of methoxy groups -OCH3 is 1. The molecule has 0 saturated heterocycles. The quantitative estimate of drug-likeness (QED) is 0.461. The summed E-state index contributed by atoms with van der Waals surface area (Å²) in [5.74, 6) is 0.310. The first-order chi connectivity index (χ1) is 12.3. The van der Waals surface area contributed by atoms with Crippen molar-refractivity contribution in [1.82, 2.24) is 9.80 Å². The van der Waals surface area contributed by atoms with Crippen LogP contribution < -0.4 is 20.7 Å². The van der Waals surface area contributed by atoms with Gasteiger partial charge in [-0.3, -0.25) is 4.79 Å². The van der Waals surface area contributed by atoms with E-state index in [0.717, 1.165) is 38.4 Å². The molecular formula is C19H33N5O2. The number of nitrogen functional groups attached to an aromatic ring is 1. The maximum atomic E-state index is 11.7. The molecule has 3 N–H and O–H groups in total. The minimum atomic E-state index is -0.274. The van der Waals surface area contributed by atoms with Gasteiger partial charge in [-0.1, -0.05) is 13.5 Å². The van der Waals surface area contributed by atoms with Gasteiger partial charge in [-0.15, -0.1) is 0 Å². The van der Waals surface area contributed by atoms with Crippen LogP contribution in [0.3, 0.4) is 0 Å². The summed E-state index contributed by atoms with van der Waals surface area (Å²) < 4.78 is 5.32. The van der Waals surface area contributed by atoms with Crippen molar-refractivity contribution in [1.29, 1.82) is 0 Å². The lowest BCUT2D eigenvalue weighted by Crippen LogP contribution is -2.36. The van der Waals surface area contributed by atoms with Gasteiger partial charge in [-0.2, -0.15) is 0 Å². The molecule has 146 valence electrons. The lowest BCUT2D eigenvalue weighted by Gasteiger charge is -2.27. The highest BCUT2D eigenvalue weighted by Gasteiger charge is 2.14. The third kappa shape index (κ3) is 6.57. The van der Waals surface area contributed by atoms with Crippen molar-refractivity contribution in [3.8, 4) is 5.75 Å².